The van der Waals surface area contributed by atoms with Gasteiger partial charge in [-0.3, -0.25) is 10.00 Å². The molecule has 0 bridgehead atoms. The third-order valence-electron chi connectivity index (χ3n) is 4.88. The monoisotopic (exact) mass is 352 g/mol. The first-order valence-electron chi connectivity index (χ1n) is 9.01. The van der Waals surface area contributed by atoms with E-state index in [4.69, 9.17) is 4.74 Å². The molecule has 0 unspecified atom stereocenters. The van der Waals surface area contributed by atoms with E-state index >= 15 is 0 Å². The molecule has 1 aliphatic heterocycles. The van der Waals surface area contributed by atoms with Crippen LogP contribution in [0.25, 0.3) is 22.3 Å². The molecule has 136 valence electrons. The quantitative estimate of drug-likeness (QED) is 0.757. The molecule has 0 aromatic carbocycles. The van der Waals surface area contributed by atoms with Gasteiger partial charge in [-0.05, 0) is 26.1 Å². The maximum Gasteiger partial charge on any atom is 0.213 e. The largest absolute Gasteiger partial charge is 0.476 e. The third-order valence-corrected chi connectivity index (χ3v) is 4.88. The van der Waals surface area contributed by atoms with E-state index in [-0.39, 0.29) is 0 Å². The molecular formula is C19H24N6O. The van der Waals surface area contributed by atoms with Crippen molar-refractivity contribution < 1.29 is 4.74 Å². The van der Waals surface area contributed by atoms with Gasteiger partial charge in [0.25, 0.3) is 0 Å². The van der Waals surface area contributed by atoms with Crippen molar-refractivity contribution in [2.24, 2.45) is 0 Å². The first-order chi connectivity index (χ1) is 12.7. The molecule has 1 fully saturated rings. The Morgan fingerprint density at radius 3 is 2.88 bits per heavy atom. The number of piperazine rings is 1. The molecule has 3 aromatic rings. The molecule has 1 N–H and O–H groups in total. The van der Waals surface area contributed by atoms with Gasteiger partial charge in [-0.2, -0.15) is 5.10 Å². The molecule has 7 nitrogen and oxygen atoms in total. The number of aromatic nitrogens is 4. The lowest BCUT2D eigenvalue weighted by atomic mass is 10.1. The normalized spacial score (nSPS) is 16.2. The van der Waals surface area contributed by atoms with Gasteiger partial charge in [-0.15, -0.1) is 0 Å². The molecule has 3 aromatic heterocycles. The zero-order valence-corrected chi connectivity index (χ0v) is 15.3. The van der Waals surface area contributed by atoms with Crippen molar-refractivity contribution in [2.75, 3.05) is 46.4 Å². The van der Waals surface area contributed by atoms with Crippen LogP contribution in [0.15, 0.2) is 30.5 Å². The average Bonchev–Trinajstić information content (AvgIpc) is 3.04. The summed E-state index contributed by atoms with van der Waals surface area (Å²) in [4.78, 5) is 13.9. The smallest absolute Gasteiger partial charge is 0.213 e. The third kappa shape index (κ3) is 3.68. The summed E-state index contributed by atoms with van der Waals surface area (Å²) in [6.45, 7) is 7.99. The Kier molecular flexibility index (Phi) is 4.81. The Bertz CT molecular complexity index is 885. The molecule has 0 spiro atoms. The summed E-state index contributed by atoms with van der Waals surface area (Å²) in [5, 5.41) is 8.14. The minimum atomic E-state index is 0.651. The van der Waals surface area contributed by atoms with Crippen LogP contribution in [0, 0.1) is 6.92 Å². The second-order valence-electron chi connectivity index (χ2n) is 6.78. The van der Waals surface area contributed by atoms with Crippen molar-refractivity contribution in [2.45, 2.75) is 6.92 Å². The lowest BCUT2D eigenvalue weighted by molar-refractivity contribution is 0.132. The van der Waals surface area contributed by atoms with Crippen molar-refractivity contribution in [1.29, 1.82) is 0 Å². The number of nitrogens with zero attached hydrogens (tertiary/aromatic N) is 5. The summed E-state index contributed by atoms with van der Waals surface area (Å²) in [7, 11) is 2.17. The van der Waals surface area contributed by atoms with E-state index in [9.17, 15) is 0 Å². The average molecular weight is 352 g/mol. The van der Waals surface area contributed by atoms with Gasteiger partial charge in [-0.25, -0.2) is 9.97 Å². The number of hydrogen-bond acceptors (Lipinski definition) is 6. The van der Waals surface area contributed by atoms with Gasteiger partial charge in [0.1, 0.15) is 6.61 Å². The summed E-state index contributed by atoms with van der Waals surface area (Å²) in [6, 6.07) is 7.92. The van der Waals surface area contributed by atoms with E-state index in [2.05, 4.69) is 43.1 Å². The topological polar surface area (TPSA) is 70.2 Å². The maximum absolute atomic E-state index is 5.89. The van der Waals surface area contributed by atoms with Gasteiger partial charge in [0.15, 0.2) is 5.65 Å². The van der Waals surface area contributed by atoms with Crippen LogP contribution in [0.5, 0.6) is 5.88 Å². The van der Waals surface area contributed by atoms with Crippen LogP contribution in [0.4, 0.5) is 0 Å². The first-order valence-corrected chi connectivity index (χ1v) is 9.01. The molecule has 7 heteroatoms. The fourth-order valence-electron chi connectivity index (χ4n) is 3.17. The van der Waals surface area contributed by atoms with Gasteiger partial charge >= 0.3 is 0 Å². The molecule has 0 saturated carbocycles. The van der Waals surface area contributed by atoms with Crippen LogP contribution in [-0.4, -0.2) is 76.3 Å². The summed E-state index contributed by atoms with van der Waals surface area (Å²) >= 11 is 0. The number of hydrogen-bond donors (Lipinski definition) is 1. The van der Waals surface area contributed by atoms with Gasteiger partial charge in [0.05, 0.1) is 11.4 Å². The fourth-order valence-corrected chi connectivity index (χ4v) is 3.17. The second-order valence-corrected chi connectivity index (χ2v) is 6.78. The molecule has 0 aliphatic carbocycles. The summed E-state index contributed by atoms with van der Waals surface area (Å²) in [5.74, 6) is 0.653. The number of aromatic amines is 1. The van der Waals surface area contributed by atoms with Crippen molar-refractivity contribution in [3.63, 3.8) is 0 Å². The number of ether oxygens (including phenoxy) is 1. The molecule has 0 amide bonds. The van der Waals surface area contributed by atoms with Crippen LogP contribution < -0.4 is 4.74 Å². The van der Waals surface area contributed by atoms with Crippen LogP contribution in [0.2, 0.25) is 0 Å². The predicted octanol–water partition coefficient (Wildman–Crippen LogP) is 1.95. The highest BCUT2D eigenvalue weighted by Crippen LogP contribution is 2.23. The summed E-state index contributed by atoms with van der Waals surface area (Å²) in [5.41, 5.74) is 3.56. The van der Waals surface area contributed by atoms with Gasteiger partial charge in [0, 0.05) is 55.9 Å². The SMILES string of the molecule is Cc1n[nH]c2ncc(-c3cccc(OCCN4CCN(C)CC4)n3)cc12. The minimum Gasteiger partial charge on any atom is -0.476 e. The number of H-pyrrole nitrogens is 1. The predicted molar refractivity (Wildman–Crippen MR) is 101 cm³/mol. The van der Waals surface area contributed by atoms with E-state index in [0.29, 0.717) is 12.5 Å². The lowest BCUT2D eigenvalue weighted by Crippen LogP contribution is -2.45. The maximum atomic E-state index is 5.89. The zero-order chi connectivity index (χ0) is 17.9. The van der Waals surface area contributed by atoms with E-state index < -0.39 is 0 Å². The highest BCUT2D eigenvalue weighted by molar-refractivity contribution is 5.82. The highest BCUT2D eigenvalue weighted by atomic mass is 16.5. The molecule has 0 radical (unpaired) electrons. The van der Waals surface area contributed by atoms with Crippen molar-refractivity contribution in [1.82, 2.24) is 30.0 Å². The lowest BCUT2D eigenvalue weighted by Gasteiger charge is -2.32. The van der Waals surface area contributed by atoms with Crippen molar-refractivity contribution in [3.05, 3.63) is 36.2 Å². The van der Waals surface area contributed by atoms with Gasteiger partial charge < -0.3 is 9.64 Å². The first kappa shape index (κ1) is 16.9. The molecule has 4 heterocycles. The number of pyridine rings is 2. The number of fused-ring (bicyclic) bond motifs is 1. The van der Waals surface area contributed by atoms with Crippen LogP contribution in [0.3, 0.4) is 0 Å². The molecular weight excluding hydrogens is 328 g/mol. The molecule has 1 aliphatic rings. The van der Waals surface area contributed by atoms with E-state index in [1.807, 2.05) is 31.3 Å². The Morgan fingerprint density at radius 2 is 2.04 bits per heavy atom. The zero-order valence-electron chi connectivity index (χ0n) is 15.3. The van der Waals surface area contributed by atoms with Crippen molar-refractivity contribution >= 4 is 11.0 Å². The van der Waals surface area contributed by atoms with Gasteiger partial charge in [0.2, 0.25) is 5.88 Å². The van der Waals surface area contributed by atoms with Gasteiger partial charge in [-0.1, -0.05) is 6.07 Å². The second kappa shape index (κ2) is 7.39. The summed E-state index contributed by atoms with van der Waals surface area (Å²) in [6.07, 6.45) is 1.82. The van der Waals surface area contributed by atoms with E-state index in [1.165, 1.54) is 0 Å². The highest BCUT2D eigenvalue weighted by Gasteiger charge is 2.13. The van der Waals surface area contributed by atoms with E-state index in [0.717, 1.165) is 60.7 Å². The number of aryl methyl sites for hydroxylation is 1. The Labute approximate surface area is 153 Å². The minimum absolute atomic E-state index is 0.651. The Hall–Kier alpha value is -2.51. The standard InChI is InChI=1S/C19H24N6O/c1-14-16-12-15(13-20-19(16)23-22-14)17-4-3-5-18(21-17)26-11-10-25-8-6-24(2)7-9-25/h3-5,12-13H,6-11H2,1-2H3,(H,20,22,23). The van der Waals surface area contributed by atoms with Crippen molar-refractivity contribution in [3.8, 4) is 17.1 Å². The molecule has 4 rings (SSSR count). The Morgan fingerprint density at radius 1 is 1.19 bits per heavy atom. The number of nitrogens with one attached hydrogen (secondary N) is 1. The molecule has 0 atom stereocenters. The van der Waals surface area contributed by atoms with Crippen LogP contribution in [0.1, 0.15) is 5.69 Å². The van der Waals surface area contributed by atoms with Crippen LogP contribution in [-0.2, 0) is 0 Å². The van der Waals surface area contributed by atoms with Crippen LogP contribution >= 0.6 is 0 Å². The molecule has 26 heavy (non-hydrogen) atoms. The van der Waals surface area contributed by atoms with E-state index in [1.54, 1.807) is 0 Å². The number of likely N-dealkylation sites (N-methyl/N-ethyl adjacent to an activating group) is 1. The summed E-state index contributed by atoms with van der Waals surface area (Å²) < 4.78 is 5.89. The number of rotatable bonds is 5. The Balaban J connectivity index is 1.41. The molecule has 1 saturated heterocycles. The fraction of sp³-hybridized carbons (Fsp3) is 0.421.